The molecule has 0 saturated carbocycles. The lowest BCUT2D eigenvalue weighted by Crippen LogP contribution is -2.37. The lowest BCUT2D eigenvalue weighted by Gasteiger charge is -2.26. The molecule has 0 aliphatic carbocycles. The van der Waals surface area contributed by atoms with Crippen molar-refractivity contribution in [2.75, 3.05) is 6.54 Å². The predicted octanol–water partition coefficient (Wildman–Crippen LogP) is 2.73. The molecule has 0 aromatic heterocycles. The van der Waals surface area contributed by atoms with Crippen LogP contribution in [0.2, 0.25) is 0 Å². The minimum atomic E-state index is -3.41. The number of benzene rings is 1. The standard InChI is InChI=1S/C15H26N2O2S/c1-4-5-6-11-17(13(2)3)20(18,19)15-9-7-14(12-16)8-10-15/h7-10,13H,4-6,11-12,16H2,1-3H3. The molecule has 0 atom stereocenters. The van der Waals surface area contributed by atoms with Gasteiger partial charge in [-0.1, -0.05) is 31.9 Å². The van der Waals surface area contributed by atoms with Gasteiger partial charge in [0, 0.05) is 19.1 Å². The summed E-state index contributed by atoms with van der Waals surface area (Å²) in [6, 6.07) is 6.81. The van der Waals surface area contributed by atoms with Crippen LogP contribution in [0.1, 0.15) is 45.6 Å². The summed E-state index contributed by atoms with van der Waals surface area (Å²) in [5, 5.41) is 0. The van der Waals surface area contributed by atoms with Crippen LogP contribution >= 0.6 is 0 Å². The summed E-state index contributed by atoms with van der Waals surface area (Å²) in [6.45, 7) is 6.94. The van der Waals surface area contributed by atoms with Gasteiger partial charge >= 0.3 is 0 Å². The van der Waals surface area contributed by atoms with E-state index in [4.69, 9.17) is 5.73 Å². The average Bonchev–Trinajstić information content (AvgIpc) is 2.43. The molecular weight excluding hydrogens is 272 g/mol. The van der Waals surface area contributed by atoms with Crippen molar-refractivity contribution in [3.05, 3.63) is 29.8 Å². The Hall–Kier alpha value is -0.910. The van der Waals surface area contributed by atoms with E-state index in [1.54, 1.807) is 28.6 Å². The number of hydrogen-bond acceptors (Lipinski definition) is 3. The van der Waals surface area contributed by atoms with Gasteiger partial charge in [0.15, 0.2) is 0 Å². The topological polar surface area (TPSA) is 63.4 Å². The van der Waals surface area contributed by atoms with Crippen molar-refractivity contribution in [3.63, 3.8) is 0 Å². The maximum atomic E-state index is 12.7. The van der Waals surface area contributed by atoms with Gasteiger partial charge < -0.3 is 5.73 Å². The summed E-state index contributed by atoms with van der Waals surface area (Å²) >= 11 is 0. The SMILES string of the molecule is CCCCCN(C(C)C)S(=O)(=O)c1ccc(CN)cc1. The zero-order chi connectivity index (χ0) is 15.2. The minimum absolute atomic E-state index is 0.0361. The summed E-state index contributed by atoms with van der Waals surface area (Å²) in [5.41, 5.74) is 6.47. The third kappa shape index (κ3) is 4.30. The average molecular weight is 298 g/mol. The first kappa shape index (κ1) is 17.1. The van der Waals surface area contributed by atoms with Gasteiger partial charge in [0.1, 0.15) is 0 Å². The molecule has 0 aliphatic rings. The lowest BCUT2D eigenvalue weighted by molar-refractivity contribution is 0.345. The normalized spacial score (nSPS) is 12.3. The highest BCUT2D eigenvalue weighted by molar-refractivity contribution is 7.89. The molecule has 2 N–H and O–H groups in total. The molecule has 0 spiro atoms. The van der Waals surface area contributed by atoms with Crippen molar-refractivity contribution in [1.29, 1.82) is 0 Å². The van der Waals surface area contributed by atoms with Gasteiger partial charge in [0.05, 0.1) is 4.90 Å². The fourth-order valence-electron chi connectivity index (χ4n) is 2.11. The fraction of sp³-hybridized carbons (Fsp3) is 0.600. The molecule has 0 heterocycles. The van der Waals surface area contributed by atoms with Crippen molar-refractivity contribution >= 4 is 10.0 Å². The summed E-state index contributed by atoms with van der Waals surface area (Å²) in [6.07, 6.45) is 3.02. The molecule has 0 bridgehead atoms. The Kier molecular flexibility index (Phi) is 6.65. The molecule has 114 valence electrons. The second kappa shape index (κ2) is 7.76. The van der Waals surface area contributed by atoms with Crippen molar-refractivity contribution < 1.29 is 8.42 Å². The molecule has 1 aromatic carbocycles. The van der Waals surface area contributed by atoms with Crippen molar-refractivity contribution in [2.24, 2.45) is 5.73 Å². The van der Waals surface area contributed by atoms with Crippen LogP contribution in [0.5, 0.6) is 0 Å². The molecule has 0 fully saturated rings. The van der Waals surface area contributed by atoms with E-state index >= 15 is 0 Å². The van der Waals surface area contributed by atoms with Gasteiger partial charge in [-0.15, -0.1) is 0 Å². The number of unbranched alkanes of at least 4 members (excludes halogenated alkanes) is 2. The molecular formula is C15H26N2O2S. The van der Waals surface area contributed by atoms with Crippen molar-refractivity contribution in [1.82, 2.24) is 4.31 Å². The second-order valence-electron chi connectivity index (χ2n) is 5.26. The van der Waals surface area contributed by atoms with Gasteiger partial charge in [0.25, 0.3) is 0 Å². The molecule has 0 radical (unpaired) electrons. The monoisotopic (exact) mass is 298 g/mol. The highest BCUT2D eigenvalue weighted by Crippen LogP contribution is 2.19. The van der Waals surface area contributed by atoms with Crippen LogP contribution in [0.15, 0.2) is 29.2 Å². The van der Waals surface area contributed by atoms with Gasteiger partial charge in [0.2, 0.25) is 10.0 Å². The Morgan fingerprint density at radius 2 is 1.75 bits per heavy atom. The van der Waals surface area contributed by atoms with Crippen LogP contribution in [-0.4, -0.2) is 25.3 Å². The summed E-state index contributed by atoms with van der Waals surface area (Å²) < 4.78 is 26.9. The van der Waals surface area contributed by atoms with Crippen LogP contribution in [0.3, 0.4) is 0 Å². The van der Waals surface area contributed by atoms with Crippen LogP contribution in [0.4, 0.5) is 0 Å². The van der Waals surface area contributed by atoms with E-state index in [-0.39, 0.29) is 6.04 Å². The molecule has 0 saturated heterocycles. The van der Waals surface area contributed by atoms with Crippen molar-refractivity contribution in [3.8, 4) is 0 Å². The van der Waals surface area contributed by atoms with Gasteiger partial charge in [-0.3, -0.25) is 0 Å². The third-order valence-corrected chi connectivity index (χ3v) is 5.41. The van der Waals surface area contributed by atoms with E-state index in [0.29, 0.717) is 18.0 Å². The lowest BCUT2D eigenvalue weighted by atomic mass is 10.2. The maximum absolute atomic E-state index is 12.7. The van der Waals surface area contributed by atoms with E-state index in [1.807, 2.05) is 13.8 Å². The van der Waals surface area contributed by atoms with Crippen LogP contribution in [-0.2, 0) is 16.6 Å². The van der Waals surface area contributed by atoms with E-state index < -0.39 is 10.0 Å². The second-order valence-corrected chi connectivity index (χ2v) is 7.16. The first-order valence-corrected chi connectivity index (χ1v) is 8.68. The predicted molar refractivity (Wildman–Crippen MR) is 82.9 cm³/mol. The minimum Gasteiger partial charge on any atom is -0.326 e. The number of hydrogen-bond donors (Lipinski definition) is 1. The van der Waals surface area contributed by atoms with Gasteiger partial charge in [-0.25, -0.2) is 8.42 Å². The molecule has 0 aliphatic heterocycles. The zero-order valence-electron chi connectivity index (χ0n) is 12.7. The Morgan fingerprint density at radius 3 is 2.20 bits per heavy atom. The smallest absolute Gasteiger partial charge is 0.243 e. The molecule has 4 nitrogen and oxygen atoms in total. The zero-order valence-corrected chi connectivity index (χ0v) is 13.5. The maximum Gasteiger partial charge on any atom is 0.243 e. The molecule has 1 rings (SSSR count). The van der Waals surface area contributed by atoms with Crippen LogP contribution in [0.25, 0.3) is 0 Å². The number of rotatable bonds is 8. The van der Waals surface area contributed by atoms with Gasteiger partial charge in [-0.2, -0.15) is 4.31 Å². The Labute approximate surface area is 123 Å². The molecule has 5 heteroatoms. The summed E-state index contributed by atoms with van der Waals surface area (Å²) in [7, 11) is -3.41. The summed E-state index contributed by atoms with van der Waals surface area (Å²) in [5.74, 6) is 0. The first-order chi connectivity index (χ1) is 9.43. The Balaban J connectivity index is 2.96. The number of nitrogens with zero attached hydrogens (tertiary/aromatic N) is 1. The third-order valence-electron chi connectivity index (χ3n) is 3.32. The largest absolute Gasteiger partial charge is 0.326 e. The highest BCUT2D eigenvalue weighted by Gasteiger charge is 2.26. The molecule has 0 unspecified atom stereocenters. The van der Waals surface area contributed by atoms with E-state index in [2.05, 4.69) is 6.92 Å². The molecule has 20 heavy (non-hydrogen) atoms. The van der Waals surface area contributed by atoms with Gasteiger partial charge in [-0.05, 0) is 38.0 Å². The van der Waals surface area contributed by atoms with E-state index in [1.165, 1.54) is 0 Å². The number of nitrogens with two attached hydrogens (primary N) is 1. The first-order valence-electron chi connectivity index (χ1n) is 7.24. The van der Waals surface area contributed by atoms with E-state index in [0.717, 1.165) is 24.8 Å². The van der Waals surface area contributed by atoms with Crippen molar-refractivity contribution in [2.45, 2.75) is 57.5 Å². The summed E-state index contributed by atoms with van der Waals surface area (Å²) in [4.78, 5) is 0.347. The van der Waals surface area contributed by atoms with E-state index in [9.17, 15) is 8.42 Å². The highest BCUT2D eigenvalue weighted by atomic mass is 32.2. The fourth-order valence-corrected chi connectivity index (χ4v) is 3.78. The Bertz CT molecular complexity index is 495. The Morgan fingerprint density at radius 1 is 1.15 bits per heavy atom. The molecule has 1 aromatic rings. The number of sulfonamides is 1. The van der Waals surface area contributed by atoms with Crippen LogP contribution < -0.4 is 5.73 Å². The van der Waals surface area contributed by atoms with Crippen LogP contribution in [0, 0.1) is 0 Å². The molecule has 0 amide bonds. The quantitative estimate of drug-likeness (QED) is 0.751.